The van der Waals surface area contributed by atoms with Crippen molar-refractivity contribution < 1.29 is 4.74 Å². The molecule has 3 atom stereocenters. The molecule has 4 heteroatoms. The van der Waals surface area contributed by atoms with E-state index in [9.17, 15) is 0 Å². The molecule has 4 nitrogen and oxygen atoms in total. The van der Waals surface area contributed by atoms with Gasteiger partial charge in [0.15, 0.2) is 0 Å². The highest BCUT2D eigenvalue weighted by Gasteiger charge is 2.24. The topological polar surface area (TPSA) is 73.3 Å². The van der Waals surface area contributed by atoms with Gasteiger partial charge in [0.2, 0.25) is 0 Å². The summed E-state index contributed by atoms with van der Waals surface area (Å²) in [7, 11) is 0. The van der Waals surface area contributed by atoms with Crippen molar-refractivity contribution in [2.45, 2.75) is 25.5 Å². The molecule has 0 bridgehead atoms. The Bertz CT molecular complexity index is 137. The molecule has 13 heavy (non-hydrogen) atoms. The molecule has 0 aromatic rings. The van der Waals surface area contributed by atoms with Gasteiger partial charge in [-0.2, -0.15) is 0 Å². The van der Waals surface area contributed by atoms with Crippen LogP contribution >= 0.6 is 0 Å². The monoisotopic (exact) mass is 187 g/mol. The van der Waals surface area contributed by atoms with Crippen LogP contribution in [0.25, 0.3) is 0 Å². The van der Waals surface area contributed by atoms with Crippen LogP contribution in [0.15, 0.2) is 0 Å². The molecule has 0 aliphatic carbocycles. The molecule has 1 aliphatic heterocycles. The van der Waals surface area contributed by atoms with Gasteiger partial charge >= 0.3 is 0 Å². The lowest BCUT2D eigenvalue weighted by molar-refractivity contribution is -0.0113. The Hall–Kier alpha value is -0.160. The van der Waals surface area contributed by atoms with Crippen LogP contribution in [-0.2, 0) is 4.74 Å². The zero-order valence-corrected chi connectivity index (χ0v) is 8.33. The zero-order valence-electron chi connectivity index (χ0n) is 8.33. The van der Waals surface area contributed by atoms with E-state index in [1.165, 1.54) is 0 Å². The summed E-state index contributed by atoms with van der Waals surface area (Å²) in [5.41, 5.74) is 11.4. The third-order valence-electron chi connectivity index (χ3n) is 2.72. The Kier molecular flexibility index (Phi) is 4.66. The molecule has 0 amide bonds. The molecule has 0 aromatic heterocycles. The van der Waals surface area contributed by atoms with Crippen LogP contribution in [0.4, 0.5) is 0 Å². The Morgan fingerprint density at radius 2 is 2.38 bits per heavy atom. The van der Waals surface area contributed by atoms with Crippen LogP contribution in [0.3, 0.4) is 0 Å². The second kappa shape index (κ2) is 5.54. The van der Waals surface area contributed by atoms with E-state index in [4.69, 9.17) is 16.2 Å². The summed E-state index contributed by atoms with van der Waals surface area (Å²) in [6.45, 7) is 5.46. The molecule has 0 saturated carbocycles. The standard InChI is InChI=1S/C9H21N3O/c1-7(8(11)2-3-10)9-6-12-4-5-13-9/h7-9,12H,2-6,10-11H2,1H3. The molecule has 3 unspecified atom stereocenters. The summed E-state index contributed by atoms with van der Waals surface area (Å²) in [6, 6.07) is 0.162. The minimum Gasteiger partial charge on any atom is -0.375 e. The number of nitrogens with two attached hydrogens (primary N) is 2. The number of hydrogen-bond acceptors (Lipinski definition) is 4. The lowest BCUT2D eigenvalue weighted by Gasteiger charge is -2.32. The minimum absolute atomic E-state index is 0.162. The molecule has 0 spiro atoms. The van der Waals surface area contributed by atoms with E-state index in [0.717, 1.165) is 26.1 Å². The molecule has 0 radical (unpaired) electrons. The summed E-state index contributed by atoms with van der Waals surface area (Å²) in [4.78, 5) is 0. The predicted octanol–water partition coefficient (Wildman–Crippen LogP) is -0.713. The predicted molar refractivity (Wildman–Crippen MR) is 53.4 cm³/mol. The maximum atomic E-state index is 5.97. The quantitative estimate of drug-likeness (QED) is 0.543. The van der Waals surface area contributed by atoms with Crippen molar-refractivity contribution in [1.82, 2.24) is 5.32 Å². The van der Waals surface area contributed by atoms with E-state index in [1.807, 2.05) is 0 Å². The van der Waals surface area contributed by atoms with E-state index < -0.39 is 0 Å². The third kappa shape index (κ3) is 3.23. The van der Waals surface area contributed by atoms with E-state index in [2.05, 4.69) is 12.2 Å². The fourth-order valence-electron chi connectivity index (χ4n) is 1.65. The first-order valence-electron chi connectivity index (χ1n) is 5.03. The Morgan fingerprint density at radius 1 is 1.62 bits per heavy atom. The van der Waals surface area contributed by atoms with Gasteiger partial charge in [-0.05, 0) is 18.9 Å². The zero-order chi connectivity index (χ0) is 9.68. The largest absolute Gasteiger partial charge is 0.375 e. The van der Waals surface area contributed by atoms with Crippen LogP contribution in [0.5, 0.6) is 0 Å². The summed E-state index contributed by atoms with van der Waals surface area (Å²) in [5, 5.41) is 3.30. The van der Waals surface area contributed by atoms with Crippen molar-refractivity contribution in [1.29, 1.82) is 0 Å². The van der Waals surface area contributed by atoms with Gasteiger partial charge in [0.05, 0.1) is 12.7 Å². The van der Waals surface area contributed by atoms with Crippen molar-refractivity contribution in [3.05, 3.63) is 0 Å². The maximum absolute atomic E-state index is 5.97. The highest BCUT2D eigenvalue weighted by atomic mass is 16.5. The molecule has 1 heterocycles. The van der Waals surface area contributed by atoms with E-state index in [1.54, 1.807) is 0 Å². The van der Waals surface area contributed by atoms with Crippen LogP contribution in [0.2, 0.25) is 0 Å². The smallest absolute Gasteiger partial charge is 0.0740 e. The number of nitrogens with one attached hydrogen (secondary N) is 1. The van der Waals surface area contributed by atoms with Crippen LogP contribution < -0.4 is 16.8 Å². The Balaban J connectivity index is 2.31. The van der Waals surface area contributed by atoms with E-state index in [-0.39, 0.29) is 12.1 Å². The van der Waals surface area contributed by atoms with Crippen molar-refractivity contribution in [2.75, 3.05) is 26.2 Å². The molecule has 0 aromatic carbocycles. The number of ether oxygens (including phenoxy) is 1. The van der Waals surface area contributed by atoms with Gasteiger partial charge in [0.25, 0.3) is 0 Å². The number of rotatable bonds is 4. The second-order valence-electron chi connectivity index (χ2n) is 3.71. The number of hydrogen-bond donors (Lipinski definition) is 3. The van der Waals surface area contributed by atoms with Gasteiger partial charge in [0, 0.05) is 19.1 Å². The van der Waals surface area contributed by atoms with Crippen molar-refractivity contribution in [3.8, 4) is 0 Å². The average molecular weight is 187 g/mol. The first-order chi connectivity index (χ1) is 6.25. The molecule has 78 valence electrons. The lowest BCUT2D eigenvalue weighted by atomic mass is 9.93. The highest BCUT2D eigenvalue weighted by Crippen LogP contribution is 2.14. The van der Waals surface area contributed by atoms with Gasteiger partial charge in [-0.25, -0.2) is 0 Å². The molecule has 5 N–H and O–H groups in total. The maximum Gasteiger partial charge on any atom is 0.0740 e. The highest BCUT2D eigenvalue weighted by molar-refractivity contribution is 4.80. The van der Waals surface area contributed by atoms with Gasteiger partial charge in [-0.15, -0.1) is 0 Å². The van der Waals surface area contributed by atoms with Crippen LogP contribution in [0, 0.1) is 5.92 Å². The molecule has 1 fully saturated rings. The molecule has 1 aliphatic rings. The second-order valence-corrected chi connectivity index (χ2v) is 3.71. The van der Waals surface area contributed by atoms with Gasteiger partial charge in [0.1, 0.15) is 0 Å². The Labute approximate surface area is 80.0 Å². The fourth-order valence-corrected chi connectivity index (χ4v) is 1.65. The van der Waals surface area contributed by atoms with Crippen molar-refractivity contribution >= 4 is 0 Å². The van der Waals surface area contributed by atoms with Crippen molar-refractivity contribution in [2.24, 2.45) is 17.4 Å². The first kappa shape index (κ1) is 10.9. The summed E-state index contributed by atoms with van der Waals surface area (Å²) in [6.07, 6.45) is 1.14. The summed E-state index contributed by atoms with van der Waals surface area (Å²) < 4.78 is 5.62. The van der Waals surface area contributed by atoms with Crippen LogP contribution in [-0.4, -0.2) is 38.4 Å². The third-order valence-corrected chi connectivity index (χ3v) is 2.72. The Morgan fingerprint density at radius 3 is 2.92 bits per heavy atom. The average Bonchev–Trinajstić information content (AvgIpc) is 2.18. The van der Waals surface area contributed by atoms with E-state index in [0.29, 0.717) is 12.5 Å². The van der Waals surface area contributed by atoms with Crippen molar-refractivity contribution in [3.63, 3.8) is 0 Å². The SMILES string of the molecule is CC(C(N)CCN)C1CNCCO1. The number of morpholine rings is 1. The molecular formula is C9H21N3O. The fraction of sp³-hybridized carbons (Fsp3) is 1.00. The minimum atomic E-state index is 0.162. The van der Waals surface area contributed by atoms with Gasteiger partial charge in [-0.1, -0.05) is 6.92 Å². The molecule has 1 saturated heterocycles. The molecular weight excluding hydrogens is 166 g/mol. The summed E-state index contributed by atoms with van der Waals surface area (Å²) in [5.74, 6) is 0.386. The lowest BCUT2D eigenvalue weighted by Crippen LogP contribution is -2.47. The summed E-state index contributed by atoms with van der Waals surface area (Å²) >= 11 is 0. The molecule has 1 rings (SSSR count). The van der Waals surface area contributed by atoms with Crippen LogP contribution in [0.1, 0.15) is 13.3 Å². The first-order valence-corrected chi connectivity index (χ1v) is 5.03. The van der Waals surface area contributed by atoms with E-state index >= 15 is 0 Å². The normalized spacial score (nSPS) is 28.4. The van der Waals surface area contributed by atoms with Gasteiger partial charge < -0.3 is 21.5 Å². The van der Waals surface area contributed by atoms with Gasteiger partial charge in [-0.3, -0.25) is 0 Å².